The average Bonchev–Trinajstić information content (AvgIpc) is 2.46. The maximum atomic E-state index is 13.1. The zero-order valence-electron chi connectivity index (χ0n) is 10.5. The van der Waals surface area contributed by atoms with Gasteiger partial charge in [-0.15, -0.1) is 11.6 Å². The number of rotatable bonds is 2. The van der Waals surface area contributed by atoms with Crippen molar-refractivity contribution in [2.45, 2.75) is 5.38 Å². The van der Waals surface area contributed by atoms with E-state index in [-0.39, 0.29) is 5.82 Å². The summed E-state index contributed by atoms with van der Waals surface area (Å²) < 4.78 is 13.1. The Morgan fingerprint density at radius 3 is 2.40 bits per heavy atom. The van der Waals surface area contributed by atoms with E-state index >= 15 is 0 Å². The molecule has 0 aliphatic rings. The predicted molar refractivity (Wildman–Crippen MR) is 83.1 cm³/mol. The lowest BCUT2D eigenvalue weighted by Gasteiger charge is -2.14. The fourth-order valence-electron chi connectivity index (χ4n) is 2.35. The van der Waals surface area contributed by atoms with Crippen LogP contribution < -0.4 is 0 Å². The van der Waals surface area contributed by atoms with Crippen molar-refractivity contribution < 1.29 is 4.39 Å². The largest absolute Gasteiger partial charge is 0.207 e. The third kappa shape index (κ3) is 2.39. The smallest absolute Gasteiger partial charge is 0.124 e. The number of alkyl halides is 1. The van der Waals surface area contributed by atoms with E-state index in [9.17, 15) is 4.39 Å². The third-order valence-electron chi connectivity index (χ3n) is 3.33. The van der Waals surface area contributed by atoms with Crippen molar-refractivity contribution >= 4 is 34.0 Å². The van der Waals surface area contributed by atoms with Gasteiger partial charge in [-0.1, -0.05) is 60.1 Å². The van der Waals surface area contributed by atoms with E-state index in [1.807, 2.05) is 42.5 Å². The van der Waals surface area contributed by atoms with E-state index < -0.39 is 5.38 Å². The van der Waals surface area contributed by atoms with E-state index in [2.05, 4.69) is 0 Å². The third-order valence-corrected chi connectivity index (χ3v) is 4.13. The van der Waals surface area contributed by atoms with Crippen LogP contribution in [0.25, 0.3) is 10.8 Å². The lowest BCUT2D eigenvalue weighted by atomic mass is 9.98. The summed E-state index contributed by atoms with van der Waals surface area (Å²) in [6.45, 7) is 0. The zero-order valence-corrected chi connectivity index (χ0v) is 12.0. The molecule has 0 spiro atoms. The van der Waals surface area contributed by atoms with E-state index in [1.165, 1.54) is 12.1 Å². The molecular weight excluding hydrogens is 294 g/mol. The number of halogens is 3. The van der Waals surface area contributed by atoms with Crippen LogP contribution in [0.3, 0.4) is 0 Å². The maximum Gasteiger partial charge on any atom is 0.124 e. The average molecular weight is 305 g/mol. The van der Waals surface area contributed by atoms with Crippen LogP contribution in [0.4, 0.5) is 4.39 Å². The fourth-order valence-corrected chi connectivity index (χ4v) is 3.06. The Hall–Kier alpha value is -1.57. The van der Waals surface area contributed by atoms with Gasteiger partial charge in [0, 0.05) is 5.02 Å². The first-order valence-corrected chi connectivity index (χ1v) is 7.05. The number of hydrogen-bond donors (Lipinski definition) is 0. The summed E-state index contributed by atoms with van der Waals surface area (Å²) in [6.07, 6.45) is 0. The Morgan fingerprint density at radius 1 is 0.850 bits per heavy atom. The normalized spacial score (nSPS) is 12.6. The van der Waals surface area contributed by atoms with Gasteiger partial charge in [-0.25, -0.2) is 4.39 Å². The Bertz CT molecular complexity index is 763. The van der Waals surface area contributed by atoms with Crippen molar-refractivity contribution in [2.75, 3.05) is 0 Å². The minimum absolute atomic E-state index is 0.345. The number of hydrogen-bond acceptors (Lipinski definition) is 0. The SMILES string of the molecule is Fc1ccc(C(Cl)c2cccc3ccccc23)c(Cl)c1. The van der Waals surface area contributed by atoms with Crippen LogP contribution in [0, 0.1) is 5.82 Å². The molecule has 0 fully saturated rings. The Balaban J connectivity index is 2.15. The molecular formula is C17H11Cl2F. The molecule has 0 aromatic heterocycles. The number of benzene rings is 3. The first-order chi connectivity index (χ1) is 9.66. The van der Waals surface area contributed by atoms with E-state index in [1.54, 1.807) is 6.07 Å². The van der Waals surface area contributed by atoms with Crippen LogP contribution in [0.15, 0.2) is 60.7 Å². The van der Waals surface area contributed by atoms with Gasteiger partial charge in [-0.2, -0.15) is 0 Å². The molecule has 3 heteroatoms. The van der Waals surface area contributed by atoms with Gasteiger partial charge in [0.25, 0.3) is 0 Å². The van der Waals surface area contributed by atoms with Crippen LogP contribution in [0.1, 0.15) is 16.5 Å². The molecule has 0 N–H and O–H groups in total. The van der Waals surface area contributed by atoms with Crippen molar-refractivity contribution in [1.29, 1.82) is 0 Å². The van der Waals surface area contributed by atoms with Gasteiger partial charge in [-0.3, -0.25) is 0 Å². The fraction of sp³-hybridized carbons (Fsp3) is 0.0588. The minimum atomic E-state index is -0.408. The summed E-state index contributed by atoms with van der Waals surface area (Å²) in [5.74, 6) is -0.361. The molecule has 3 aromatic carbocycles. The quantitative estimate of drug-likeness (QED) is 0.512. The summed E-state index contributed by atoms with van der Waals surface area (Å²) in [5, 5.41) is 2.14. The first kappa shape index (κ1) is 13.4. The zero-order chi connectivity index (χ0) is 14.1. The van der Waals surface area contributed by atoms with Crippen LogP contribution in [-0.2, 0) is 0 Å². The highest BCUT2D eigenvalue weighted by atomic mass is 35.5. The molecule has 3 rings (SSSR count). The molecule has 0 aliphatic heterocycles. The van der Waals surface area contributed by atoms with Crippen LogP contribution in [0.5, 0.6) is 0 Å². The van der Waals surface area contributed by atoms with E-state index in [0.717, 1.165) is 16.3 Å². The summed E-state index contributed by atoms with van der Waals surface area (Å²) in [7, 11) is 0. The molecule has 100 valence electrons. The van der Waals surface area contributed by atoms with E-state index in [0.29, 0.717) is 10.6 Å². The molecule has 3 aromatic rings. The molecule has 0 aliphatic carbocycles. The highest BCUT2D eigenvalue weighted by Gasteiger charge is 2.16. The highest BCUT2D eigenvalue weighted by molar-refractivity contribution is 6.33. The Labute approximate surface area is 126 Å². The van der Waals surface area contributed by atoms with Gasteiger partial charge in [0.05, 0.1) is 5.38 Å². The second kappa shape index (κ2) is 5.43. The summed E-state index contributed by atoms with van der Waals surface area (Å²) in [5.41, 5.74) is 1.68. The highest BCUT2D eigenvalue weighted by Crippen LogP contribution is 2.37. The Kier molecular flexibility index (Phi) is 3.64. The molecule has 0 bridgehead atoms. The van der Waals surface area contributed by atoms with Gasteiger partial charge in [-0.05, 0) is 34.0 Å². The van der Waals surface area contributed by atoms with Crippen LogP contribution in [0.2, 0.25) is 5.02 Å². The predicted octanol–water partition coefficient (Wildman–Crippen LogP) is 5.96. The molecule has 0 saturated heterocycles. The summed E-state index contributed by atoms with van der Waals surface area (Å²) >= 11 is 12.7. The van der Waals surface area contributed by atoms with Crippen LogP contribution >= 0.6 is 23.2 Å². The summed E-state index contributed by atoms with van der Waals surface area (Å²) in [4.78, 5) is 0. The van der Waals surface area contributed by atoms with Gasteiger partial charge < -0.3 is 0 Å². The molecule has 0 saturated carbocycles. The summed E-state index contributed by atoms with van der Waals surface area (Å²) in [6, 6.07) is 18.3. The molecule has 0 radical (unpaired) electrons. The minimum Gasteiger partial charge on any atom is -0.207 e. The lowest BCUT2D eigenvalue weighted by Crippen LogP contribution is -1.96. The van der Waals surface area contributed by atoms with Gasteiger partial charge >= 0.3 is 0 Å². The van der Waals surface area contributed by atoms with Crippen molar-refractivity contribution in [3.63, 3.8) is 0 Å². The standard InChI is InChI=1S/C17H11Cl2F/c18-16-10-12(20)8-9-15(16)17(19)14-7-3-5-11-4-1-2-6-13(11)14/h1-10,17H. The molecule has 0 amide bonds. The molecule has 0 heterocycles. The molecule has 1 atom stereocenters. The number of fused-ring (bicyclic) bond motifs is 1. The maximum absolute atomic E-state index is 13.1. The van der Waals surface area contributed by atoms with Crippen LogP contribution in [-0.4, -0.2) is 0 Å². The van der Waals surface area contributed by atoms with Gasteiger partial charge in [0.15, 0.2) is 0 Å². The lowest BCUT2D eigenvalue weighted by molar-refractivity contribution is 0.627. The Morgan fingerprint density at radius 2 is 1.60 bits per heavy atom. The van der Waals surface area contributed by atoms with Crippen molar-refractivity contribution in [1.82, 2.24) is 0 Å². The van der Waals surface area contributed by atoms with Gasteiger partial charge in [0.1, 0.15) is 5.82 Å². The van der Waals surface area contributed by atoms with Gasteiger partial charge in [0.2, 0.25) is 0 Å². The second-order valence-electron chi connectivity index (χ2n) is 4.60. The topological polar surface area (TPSA) is 0 Å². The van der Waals surface area contributed by atoms with Crippen molar-refractivity contribution in [3.05, 3.63) is 82.6 Å². The van der Waals surface area contributed by atoms with Crippen molar-refractivity contribution in [2.24, 2.45) is 0 Å². The van der Waals surface area contributed by atoms with E-state index in [4.69, 9.17) is 23.2 Å². The first-order valence-electron chi connectivity index (χ1n) is 6.23. The van der Waals surface area contributed by atoms with Crippen molar-refractivity contribution in [3.8, 4) is 0 Å². The monoisotopic (exact) mass is 304 g/mol. The molecule has 20 heavy (non-hydrogen) atoms. The molecule has 1 unspecified atom stereocenters. The molecule has 0 nitrogen and oxygen atoms in total. The second-order valence-corrected chi connectivity index (χ2v) is 5.44.